The highest BCUT2D eigenvalue weighted by atomic mass is 16.2. The van der Waals surface area contributed by atoms with Crippen LogP contribution in [0, 0.1) is 0 Å². The number of anilines is 1. The van der Waals surface area contributed by atoms with E-state index in [4.69, 9.17) is 0 Å². The summed E-state index contributed by atoms with van der Waals surface area (Å²) in [5.41, 5.74) is 3.24. The van der Waals surface area contributed by atoms with Crippen LogP contribution in [-0.4, -0.2) is 47.7 Å². The SMILES string of the molecule is CCCC(=O)Nc1ccc2c(c1)CN(C(=O)c1ccccc1)[C@H](C(=O)N(C)C)C2. The van der Waals surface area contributed by atoms with Gasteiger partial charge in [0.2, 0.25) is 11.8 Å². The van der Waals surface area contributed by atoms with Gasteiger partial charge < -0.3 is 15.1 Å². The Kier molecular flexibility index (Phi) is 6.32. The van der Waals surface area contributed by atoms with Gasteiger partial charge in [-0.1, -0.05) is 31.2 Å². The van der Waals surface area contributed by atoms with Crippen molar-refractivity contribution in [3.8, 4) is 0 Å². The number of nitrogens with zero attached hydrogens (tertiary/aromatic N) is 2. The quantitative estimate of drug-likeness (QED) is 0.849. The molecule has 1 atom stereocenters. The molecule has 0 aromatic heterocycles. The number of rotatable bonds is 5. The Hall–Kier alpha value is -3.15. The highest BCUT2D eigenvalue weighted by molar-refractivity contribution is 5.98. The van der Waals surface area contributed by atoms with E-state index in [1.165, 1.54) is 4.90 Å². The van der Waals surface area contributed by atoms with Crippen molar-refractivity contribution in [3.05, 3.63) is 65.2 Å². The molecule has 152 valence electrons. The summed E-state index contributed by atoms with van der Waals surface area (Å²) in [4.78, 5) is 41.1. The third kappa shape index (κ3) is 4.65. The molecule has 0 fully saturated rings. The van der Waals surface area contributed by atoms with Crippen LogP contribution in [-0.2, 0) is 22.6 Å². The van der Waals surface area contributed by atoms with Gasteiger partial charge in [-0.3, -0.25) is 14.4 Å². The van der Waals surface area contributed by atoms with Crippen molar-refractivity contribution in [1.29, 1.82) is 0 Å². The first-order valence-corrected chi connectivity index (χ1v) is 9.89. The average molecular weight is 393 g/mol. The summed E-state index contributed by atoms with van der Waals surface area (Å²) in [6.45, 7) is 2.28. The largest absolute Gasteiger partial charge is 0.347 e. The van der Waals surface area contributed by atoms with E-state index in [0.29, 0.717) is 30.6 Å². The maximum atomic E-state index is 13.2. The number of hydrogen-bond acceptors (Lipinski definition) is 3. The van der Waals surface area contributed by atoms with Crippen LogP contribution in [0.3, 0.4) is 0 Å². The van der Waals surface area contributed by atoms with Crippen molar-refractivity contribution in [1.82, 2.24) is 9.80 Å². The Morgan fingerprint density at radius 3 is 2.45 bits per heavy atom. The number of nitrogens with one attached hydrogen (secondary N) is 1. The monoisotopic (exact) mass is 393 g/mol. The van der Waals surface area contributed by atoms with E-state index in [2.05, 4.69) is 5.32 Å². The number of carbonyl (C=O) groups excluding carboxylic acids is 3. The van der Waals surface area contributed by atoms with E-state index < -0.39 is 6.04 Å². The third-order valence-corrected chi connectivity index (χ3v) is 5.10. The topological polar surface area (TPSA) is 69.7 Å². The highest BCUT2D eigenvalue weighted by Gasteiger charge is 2.36. The lowest BCUT2D eigenvalue weighted by Gasteiger charge is -2.37. The van der Waals surface area contributed by atoms with Gasteiger partial charge in [0.15, 0.2) is 0 Å². The van der Waals surface area contributed by atoms with Gasteiger partial charge in [0.1, 0.15) is 6.04 Å². The summed E-state index contributed by atoms with van der Waals surface area (Å²) < 4.78 is 0. The molecular formula is C23H27N3O3. The van der Waals surface area contributed by atoms with E-state index in [9.17, 15) is 14.4 Å². The molecule has 0 saturated heterocycles. The van der Waals surface area contributed by atoms with Crippen molar-refractivity contribution in [2.75, 3.05) is 19.4 Å². The molecule has 0 radical (unpaired) electrons. The number of likely N-dealkylation sites (N-methyl/N-ethyl adjacent to an activating group) is 1. The van der Waals surface area contributed by atoms with Crippen molar-refractivity contribution in [2.24, 2.45) is 0 Å². The molecule has 0 saturated carbocycles. The number of amides is 3. The van der Waals surface area contributed by atoms with Crippen LogP contribution in [0.15, 0.2) is 48.5 Å². The number of hydrogen-bond donors (Lipinski definition) is 1. The van der Waals surface area contributed by atoms with Crippen molar-refractivity contribution < 1.29 is 14.4 Å². The number of fused-ring (bicyclic) bond motifs is 1. The lowest BCUT2D eigenvalue weighted by atomic mass is 9.92. The van der Waals surface area contributed by atoms with Gasteiger partial charge in [0.25, 0.3) is 5.91 Å². The van der Waals surface area contributed by atoms with Crippen LogP contribution < -0.4 is 5.32 Å². The second-order valence-electron chi connectivity index (χ2n) is 7.53. The maximum Gasteiger partial charge on any atom is 0.254 e. The van der Waals surface area contributed by atoms with Gasteiger partial charge in [-0.05, 0) is 41.8 Å². The summed E-state index contributed by atoms with van der Waals surface area (Å²) in [7, 11) is 3.41. The van der Waals surface area contributed by atoms with Gasteiger partial charge in [-0.15, -0.1) is 0 Å². The minimum atomic E-state index is -0.550. The first kappa shape index (κ1) is 20.6. The molecule has 3 rings (SSSR count). The molecular weight excluding hydrogens is 366 g/mol. The second kappa shape index (κ2) is 8.90. The Labute approximate surface area is 171 Å². The molecule has 2 aromatic carbocycles. The summed E-state index contributed by atoms with van der Waals surface area (Å²) >= 11 is 0. The van der Waals surface area contributed by atoms with E-state index >= 15 is 0 Å². The Morgan fingerprint density at radius 2 is 1.79 bits per heavy atom. The van der Waals surface area contributed by atoms with E-state index in [1.54, 1.807) is 31.1 Å². The van der Waals surface area contributed by atoms with Crippen LogP contribution >= 0.6 is 0 Å². The third-order valence-electron chi connectivity index (χ3n) is 5.10. The summed E-state index contributed by atoms with van der Waals surface area (Å²) in [6, 6.07) is 14.2. The summed E-state index contributed by atoms with van der Waals surface area (Å²) in [5.74, 6) is -0.293. The smallest absolute Gasteiger partial charge is 0.254 e. The molecule has 1 N–H and O–H groups in total. The van der Waals surface area contributed by atoms with Gasteiger partial charge in [0, 0.05) is 44.7 Å². The molecule has 3 amide bonds. The van der Waals surface area contributed by atoms with Crippen molar-refractivity contribution in [2.45, 2.75) is 38.8 Å². The molecule has 1 aliphatic heterocycles. The highest BCUT2D eigenvalue weighted by Crippen LogP contribution is 2.28. The fourth-order valence-corrected chi connectivity index (χ4v) is 3.59. The first-order chi connectivity index (χ1) is 13.9. The van der Waals surface area contributed by atoms with Crippen molar-refractivity contribution in [3.63, 3.8) is 0 Å². The average Bonchev–Trinajstić information content (AvgIpc) is 2.72. The molecule has 6 heteroatoms. The molecule has 0 aliphatic carbocycles. The lowest BCUT2D eigenvalue weighted by Crippen LogP contribution is -2.52. The number of benzene rings is 2. The predicted molar refractivity (Wildman–Crippen MR) is 112 cm³/mol. The lowest BCUT2D eigenvalue weighted by molar-refractivity contribution is -0.134. The number of carbonyl (C=O) groups is 3. The molecule has 1 heterocycles. The predicted octanol–water partition coefficient (Wildman–Crippen LogP) is 3.08. The molecule has 1 aliphatic rings. The standard InChI is InChI=1S/C23H27N3O3/c1-4-8-21(27)24-19-12-11-17-14-20(23(29)25(2)3)26(15-18(17)13-19)22(28)16-9-6-5-7-10-16/h5-7,9-13,20H,4,8,14-15H2,1-3H3,(H,24,27)/t20-/m0/s1. The summed E-state index contributed by atoms with van der Waals surface area (Å²) in [6.07, 6.45) is 1.70. The molecule has 2 aromatic rings. The van der Waals surface area contributed by atoms with Gasteiger partial charge in [-0.2, -0.15) is 0 Å². The zero-order valence-corrected chi connectivity index (χ0v) is 17.1. The van der Waals surface area contributed by atoms with Crippen LogP contribution in [0.5, 0.6) is 0 Å². The Bertz CT molecular complexity index is 909. The van der Waals surface area contributed by atoms with E-state index in [0.717, 1.165) is 17.5 Å². The maximum absolute atomic E-state index is 13.2. The molecule has 0 unspecified atom stereocenters. The van der Waals surface area contributed by atoms with Crippen LogP contribution in [0.2, 0.25) is 0 Å². The minimum absolute atomic E-state index is 0.0267. The molecule has 29 heavy (non-hydrogen) atoms. The van der Waals surface area contributed by atoms with Gasteiger partial charge >= 0.3 is 0 Å². The second-order valence-corrected chi connectivity index (χ2v) is 7.53. The van der Waals surface area contributed by atoms with Crippen LogP contribution in [0.4, 0.5) is 5.69 Å². The normalized spacial score (nSPS) is 15.4. The van der Waals surface area contributed by atoms with Gasteiger partial charge in [0.05, 0.1) is 0 Å². The molecule has 0 spiro atoms. The fraction of sp³-hybridized carbons (Fsp3) is 0.348. The first-order valence-electron chi connectivity index (χ1n) is 9.89. The zero-order chi connectivity index (χ0) is 21.0. The molecule has 6 nitrogen and oxygen atoms in total. The molecule has 0 bridgehead atoms. The van der Waals surface area contributed by atoms with Crippen molar-refractivity contribution >= 4 is 23.4 Å². The zero-order valence-electron chi connectivity index (χ0n) is 17.1. The minimum Gasteiger partial charge on any atom is -0.347 e. The van der Waals surface area contributed by atoms with E-state index in [-0.39, 0.29) is 17.7 Å². The van der Waals surface area contributed by atoms with Gasteiger partial charge in [-0.25, -0.2) is 0 Å². The summed E-state index contributed by atoms with van der Waals surface area (Å²) in [5, 5.41) is 2.90. The van der Waals surface area contributed by atoms with E-state index in [1.807, 2.05) is 43.3 Å². The Morgan fingerprint density at radius 1 is 1.07 bits per heavy atom. The van der Waals surface area contributed by atoms with Crippen LogP contribution in [0.1, 0.15) is 41.3 Å². The fourth-order valence-electron chi connectivity index (χ4n) is 3.59. The van der Waals surface area contributed by atoms with Crippen LogP contribution in [0.25, 0.3) is 0 Å². The Balaban J connectivity index is 1.92.